The van der Waals surface area contributed by atoms with Crippen molar-refractivity contribution in [2.24, 2.45) is 4.99 Å². The Morgan fingerprint density at radius 2 is 2.00 bits per heavy atom. The highest BCUT2D eigenvalue weighted by Crippen LogP contribution is 2.19. The van der Waals surface area contributed by atoms with Crippen LogP contribution in [0.25, 0.3) is 10.9 Å². The molecular formula is C16H17N2O3-. The largest absolute Gasteiger partial charge is 0.548 e. The van der Waals surface area contributed by atoms with Gasteiger partial charge in [0.05, 0.1) is 12.0 Å². The third-order valence-electron chi connectivity index (χ3n) is 3.24. The maximum Gasteiger partial charge on any atom is 0.135 e. The minimum Gasteiger partial charge on any atom is -0.548 e. The monoisotopic (exact) mass is 285 g/mol. The molecule has 0 fully saturated rings. The Morgan fingerprint density at radius 1 is 1.29 bits per heavy atom. The SMILES string of the molecule is CC(=O)CC(C)=N[C@@H](Cc1c[nH]c2ccccc12)C(=O)[O-]. The molecule has 2 aromatic rings. The Hall–Kier alpha value is -2.43. The van der Waals surface area contributed by atoms with E-state index in [0.717, 1.165) is 16.5 Å². The van der Waals surface area contributed by atoms with Crippen LogP contribution in [0.2, 0.25) is 0 Å². The zero-order chi connectivity index (χ0) is 15.4. The number of H-pyrrole nitrogens is 1. The zero-order valence-corrected chi connectivity index (χ0v) is 12.1. The van der Waals surface area contributed by atoms with E-state index in [-0.39, 0.29) is 18.6 Å². The maximum atomic E-state index is 11.3. The molecule has 0 saturated heterocycles. The van der Waals surface area contributed by atoms with E-state index in [9.17, 15) is 14.7 Å². The van der Waals surface area contributed by atoms with Crippen LogP contribution in [-0.4, -0.2) is 28.5 Å². The second kappa shape index (κ2) is 6.35. The van der Waals surface area contributed by atoms with Gasteiger partial charge in [-0.3, -0.25) is 9.79 Å². The summed E-state index contributed by atoms with van der Waals surface area (Å²) in [5, 5.41) is 12.2. The third-order valence-corrected chi connectivity index (χ3v) is 3.24. The molecule has 1 heterocycles. The van der Waals surface area contributed by atoms with Crippen LogP contribution in [0.4, 0.5) is 0 Å². The summed E-state index contributed by atoms with van der Waals surface area (Å²) in [6.45, 7) is 3.11. The molecule has 0 saturated carbocycles. The van der Waals surface area contributed by atoms with Crippen LogP contribution >= 0.6 is 0 Å². The molecule has 2 rings (SSSR count). The lowest BCUT2D eigenvalue weighted by molar-refractivity contribution is -0.307. The van der Waals surface area contributed by atoms with E-state index in [1.165, 1.54) is 6.92 Å². The molecule has 0 aliphatic rings. The average Bonchev–Trinajstić information content (AvgIpc) is 2.80. The van der Waals surface area contributed by atoms with Crippen LogP contribution in [0.1, 0.15) is 25.8 Å². The number of benzene rings is 1. The summed E-state index contributed by atoms with van der Waals surface area (Å²) >= 11 is 0. The number of para-hydroxylation sites is 1. The van der Waals surface area contributed by atoms with Gasteiger partial charge in [-0.05, 0) is 25.5 Å². The predicted molar refractivity (Wildman–Crippen MR) is 79.2 cm³/mol. The van der Waals surface area contributed by atoms with Gasteiger partial charge in [-0.2, -0.15) is 0 Å². The van der Waals surface area contributed by atoms with Crippen LogP contribution < -0.4 is 5.11 Å². The van der Waals surface area contributed by atoms with Crippen molar-refractivity contribution in [2.45, 2.75) is 32.7 Å². The second-order valence-corrected chi connectivity index (χ2v) is 5.14. The quantitative estimate of drug-likeness (QED) is 0.811. The summed E-state index contributed by atoms with van der Waals surface area (Å²) in [6, 6.07) is 6.69. The highest BCUT2D eigenvalue weighted by molar-refractivity contribution is 6.00. The summed E-state index contributed by atoms with van der Waals surface area (Å²) in [6.07, 6.45) is 2.19. The number of hydrogen-bond acceptors (Lipinski definition) is 4. The molecule has 1 aromatic heterocycles. The highest BCUT2D eigenvalue weighted by atomic mass is 16.4. The van der Waals surface area contributed by atoms with Gasteiger partial charge >= 0.3 is 0 Å². The zero-order valence-electron chi connectivity index (χ0n) is 12.1. The summed E-state index contributed by atoms with van der Waals surface area (Å²) in [7, 11) is 0. The van der Waals surface area contributed by atoms with E-state index in [1.54, 1.807) is 13.1 Å². The number of carbonyl (C=O) groups excluding carboxylic acids is 2. The standard InChI is InChI=1S/C16H18N2O3/c1-10(7-11(2)19)18-15(16(20)21)8-12-9-17-14-6-4-3-5-13(12)14/h3-6,9,15,17H,7-8H2,1-2H3,(H,20,21)/p-1/t15-/m0/s1. The van der Waals surface area contributed by atoms with Gasteiger partial charge in [-0.15, -0.1) is 0 Å². The number of carboxylic acid groups (broad SMARTS) is 1. The number of rotatable bonds is 6. The van der Waals surface area contributed by atoms with Crippen LogP contribution in [0, 0.1) is 0 Å². The fraction of sp³-hybridized carbons (Fsp3) is 0.312. The minimum atomic E-state index is -1.23. The van der Waals surface area contributed by atoms with Crippen molar-refractivity contribution < 1.29 is 14.7 Å². The molecule has 5 nitrogen and oxygen atoms in total. The molecule has 0 bridgehead atoms. The van der Waals surface area contributed by atoms with Crippen LogP contribution in [0.5, 0.6) is 0 Å². The van der Waals surface area contributed by atoms with Crippen molar-refractivity contribution >= 4 is 28.4 Å². The number of carbonyl (C=O) groups is 2. The van der Waals surface area contributed by atoms with Crippen molar-refractivity contribution in [2.75, 3.05) is 0 Å². The lowest BCUT2D eigenvalue weighted by atomic mass is 10.1. The number of hydrogen-bond donors (Lipinski definition) is 1. The first kappa shape index (κ1) is 15.0. The van der Waals surface area contributed by atoms with Gasteiger partial charge in [0.15, 0.2) is 0 Å². The maximum absolute atomic E-state index is 11.3. The highest BCUT2D eigenvalue weighted by Gasteiger charge is 2.13. The summed E-state index contributed by atoms with van der Waals surface area (Å²) in [5.41, 5.74) is 2.34. The fourth-order valence-electron chi connectivity index (χ4n) is 2.36. The molecular weight excluding hydrogens is 268 g/mol. The van der Waals surface area contributed by atoms with Crippen LogP contribution in [-0.2, 0) is 16.0 Å². The fourth-order valence-corrected chi connectivity index (χ4v) is 2.36. The van der Waals surface area contributed by atoms with Crippen molar-refractivity contribution in [3.05, 3.63) is 36.0 Å². The van der Waals surface area contributed by atoms with E-state index in [4.69, 9.17) is 0 Å². The Morgan fingerprint density at radius 3 is 2.67 bits per heavy atom. The van der Waals surface area contributed by atoms with Gasteiger partial charge in [0.25, 0.3) is 0 Å². The Balaban J connectivity index is 2.24. The number of nitrogens with one attached hydrogen (secondary N) is 1. The summed E-state index contributed by atoms with van der Waals surface area (Å²) in [5.74, 6) is -1.27. The van der Waals surface area contributed by atoms with Gasteiger partial charge in [0, 0.05) is 35.7 Å². The molecule has 1 N–H and O–H groups in total. The molecule has 0 aliphatic carbocycles. The van der Waals surface area contributed by atoms with Crippen LogP contribution in [0.15, 0.2) is 35.5 Å². The number of carboxylic acids is 1. The summed E-state index contributed by atoms with van der Waals surface area (Å²) < 4.78 is 0. The number of ketones is 1. The normalized spacial score (nSPS) is 13.3. The first-order valence-electron chi connectivity index (χ1n) is 6.76. The van der Waals surface area contributed by atoms with Crippen LogP contribution in [0.3, 0.4) is 0 Å². The smallest absolute Gasteiger partial charge is 0.135 e. The minimum absolute atomic E-state index is 0.0413. The molecule has 21 heavy (non-hydrogen) atoms. The number of aromatic nitrogens is 1. The molecule has 0 amide bonds. The molecule has 1 aromatic carbocycles. The first-order valence-corrected chi connectivity index (χ1v) is 6.76. The van der Waals surface area contributed by atoms with E-state index in [2.05, 4.69) is 9.98 Å². The van der Waals surface area contributed by atoms with Crippen molar-refractivity contribution in [1.82, 2.24) is 4.98 Å². The van der Waals surface area contributed by atoms with E-state index < -0.39 is 12.0 Å². The first-order chi connectivity index (χ1) is 9.97. The third kappa shape index (κ3) is 3.78. The predicted octanol–water partition coefficient (Wildman–Crippen LogP) is 1.27. The number of nitrogens with zero attached hydrogens (tertiary/aromatic N) is 1. The van der Waals surface area contributed by atoms with E-state index in [1.807, 2.05) is 24.3 Å². The topological polar surface area (TPSA) is 85.3 Å². The number of aromatic amines is 1. The number of fused-ring (bicyclic) bond motifs is 1. The number of Topliss-reactive ketones (excluding diaryl/α,β-unsaturated/α-hetero) is 1. The Labute approximate surface area is 122 Å². The van der Waals surface area contributed by atoms with Crippen molar-refractivity contribution in [3.8, 4) is 0 Å². The van der Waals surface area contributed by atoms with Gasteiger partial charge in [-0.1, -0.05) is 18.2 Å². The van der Waals surface area contributed by atoms with Crippen molar-refractivity contribution in [1.29, 1.82) is 0 Å². The second-order valence-electron chi connectivity index (χ2n) is 5.14. The molecule has 1 atom stereocenters. The number of aliphatic carboxylic acids is 1. The van der Waals surface area contributed by atoms with Gasteiger partial charge in [0.1, 0.15) is 5.78 Å². The Kier molecular flexibility index (Phi) is 4.52. The molecule has 0 unspecified atom stereocenters. The molecule has 0 spiro atoms. The lowest BCUT2D eigenvalue weighted by Gasteiger charge is -2.14. The lowest BCUT2D eigenvalue weighted by Crippen LogP contribution is -2.36. The average molecular weight is 285 g/mol. The molecule has 5 heteroatoms. The molecule has 0 radical (unpaired) electrons. The molecule has 0 aliphatic heterocycles. The van der Waals surface area contributed by atoms with E-state index >= 15 is 0 Å². The number of aliphatic imine (C=N–C) groups is 1. The Bertz CT molecular complexity index is 700. The van der Waals surface area contributed by atoms with Gasteiger partial charge in [-0.25, -0.2) is 0 Å². The summed E-state index contributed by atoms with van der Waals surface area (Å²) in [4.78, 5) is 29.5. The molecule has 110 valence electrons. The van der Waals surface area contributed by atoms with Gasteiger partial charge < -0.3 is 14.9 Å². The van der Waals surface area contributed by atoms with Crippen molar-refractivity contribution in [3.63, 3.8) is 0 Å². The van der Waals surface area contributed by atoms with Gasteiger partial charge in [0.2, 0.25) is 0 Å². The van der Waals surface area contributed by atoms with E-state index in [0.29, 0.717) is 5.71 Å².